The molecular weight excluding hydrogens is 244 g/mol. The lowest BCUT2D eigenvalue weighted by Crippen LogP contribution is -2.27. The van der Waals surface area contributed by atoms with Crippen LogP contribution < -0.4 is 10.5 Å². The van der Waals surface area contributed by atoms with Gasteiger partial charge >= 0.3 is 0 Å². The minimum absolute atomic E-state index is 0.114. The van der Waals surface area contributed by atoms with Crippen LogP contribution in [0.4, 0.5) is 0 Å². The van der Waals surface area contributed by atoms with E-state index in [1.807, 2.05) is 0 Å². The number of hydrogen-bond donors (Lipinski definition) is 3. The number of hydrogen-bond acceptors (Lipinski definition) is 4. The molecule has 1 rings (SSSR count). The van der Waals surface area contributed by atoms with Crippen molar-refractivity contribution in [2.45, 2.75) is 6.42 Å². The number of sulfonamides is 1. The van der Waals surface area contributed by atoms with Crippen LogP contribution in [0.15, 0.2) is 24.3 Å². The quantitative estimate of drug-likeness (QED) is 0.635. The number of aromatic hydroxyl groups is 1. The molecule has 0 fully saturated rings. The van der Waals surface area contributed by atoms with Crippen LogP contribution in [0.25, 0.3) is 0 Å². The fraction of sp³-hybridized carbons (Fsp3) is 0.300. The zero-order valence-electron chi connectivity index (χ0n) is 9.09. The Hall–Kier alpha value is -1.60. The normalized spacial score (nSPS) is 11.1. The van der Waals surface area contributed by atoms with Crippen LogP contribution in [0.5, 0.6) is 5.75 Å². The van der Waals surface area contributed by atoms with Gasteiger partial charge in [0, 0.05) is 6.54 Å². The van der Waals surface area contributed by atoms with Crippen molar-refractivity contribution < 1.29 is 18.3 Å². The van der Waals surface area contributed by atoms with Crippen molar-refractivity contribution >= 4 is 15.9 Å². The first-order valence-corrected chi connectivity index (χ1v) is 6.68. The molecule has 94 valence electrons. The van der Waals surface area contributed by atoms with E-state index in [1.54, 1.807) is 12.1 Å². The number of nitrogens with two attached hydrogens (primary N) is 1. The summed E-state index contributed by atoms with van der Waals surface area (Å²) in [5.41, 5.74) is 0.156. The second-order valence-electron chi connectivity index (χ2n) is 3.49. The van der Waals surface area contributed by atoms with Crippen molar-refractivity contribution in [2.75, 3.05) is 12.3 Å². The topological polar surface area (TPSA) is 109 Å². The number of para-hydroxylation sites is 1. The van der Waals surface area contributed by atoms with Gasteiger partial charge in [0.15, 0.2) is 0 Å². The third-order valence-electron chi connectivity index (χ3n) is 2.04. The van der Waals surface area contributed by atoms with Gasteiger partial charge in [0.1, 0.15) is 5.75 Å². The molecule has 0 spiro atoms. The predicted octanol–water partition coefficient (Wildman–Crippen LogP) is -0.199. The number of carbonyl (C=O) groups is 1. The molecule has 0 bridgehead atoms. The van der Waals surface area contributed by atoms with Crippen molar-refractivity contribution in [3.63, 3.8) is 0 Å². The monoisotopic (exact) mass is 258 g/mol. The molecule has 0 aromatic heterocycles. The van der Waals surface area contributed by atoms with Crippen LogP contribution in [-0.4, -0.2) is 31.7 Å². The number of phenols is 1. The van der Waals surface area contributed by atoms with E-state index < -0.39 is 15.9 Å². The molecule has 6 nitrogen and oxygen atoms in total. The highest BCUT2D eigenvalue weighted by atomic mass is 32.2. The first-order chi connectivity index (χ1) is 7.90. The smallest absolute Gasteiger partial charge is 0.255 e. The van der Waals surface area contributed by atoms with Gasteiger partial charge in [-0.05, 0) is 18.6 Å². The van der Waals surface area contributed by atoms with Gasteiger partial charge in [-0.2, -0.15) is 0 Å². The molecular formula is C10H14N2O4S. The maximum atomic E-state index is 11.5. The summed E-state index contributed by atoms with van der Waals surface area (Å²) in [6, 6.07) is 6.11. The average molecular weight is 258 g/mol. The molecule has 1 aromatic carbocycles. The zero-order chi connectivity index (χ0) is 12.9. The molecule has 0 aliphatic carbocycles. The Morgan fingerprint density at radius 3 is 2.59 bits per heavy atom. The van der Waals surface area contributed by atoms with Gasteiger partial charge in [0.05, 0.1) is 11.3 Å². The van der Waals surface area contributed by atoms with E-state index in [2.05, 4.69) is 5.32 Å². The number of primary sulfonamides is 1. The highest BCUT2D eigenvalue weighted by molar-refractivity contribution is 7.89. The lowest BCUT2D eigenvalue weighted by Gasteiger charge is -2.05. The molecule has 4 N–H and O–H groups in total. The molecule has 0 atom stereocenters. The van der Waals surface area contributed by atoms with E-state index >= 15 is 0 Å². The molecule has 7 heteroatoms. The molecule has 17 heavy (non-hydrogen) atoms. The van der Waals surface area contributed by atoms with E-state index in [1.165, 1.54) is 12.1 Å². The summed E-state index contributed by atoms with van der Waals surface area (Å²) in [5.74, 6) is -0.748. The second-order valence-corrected chi connectivity index (χ2v) is 5.23. The average Bonchev–Trinajstić information content (AvgIpc) is 2.23. The molecule has 0 radical (unpaired) electrons. The lowest BCUT2D eigenvalue weighted by molar-refractivity contribution is 0.0951. The van der Waals surface area contributed by atoms with E-state index in [-0.39, 0.29) is 30.0 Å². The summed E-state index contributed by atoms with van der Waals surface area (Å²) in [6.45, 7) is 0.184. The molecule has 0 saturated carbocycles. The Balaban J connectivity index is 2.44. The Morgan fingerprint density at radius 2 is 2.00 bits per heavy atom. The van der Waals surface area contributed by atoms with Crippen LogP contribution in [0.2, 0.25) is 0 Å². The second kappa shape index (κ2) is 5.65. The van der Waals surface area contributed by atoms with Gasteiger partial charge in [-0.25, -0.2) is 13.6 Å². The van der Waals surface area contributed by atoms with Gasteiger partial charge in [0.25, 0.3) is 5.91 Å². The number of nitrogens with one attached hydrogen (secondary N) is 1. The minimum atomic E-state index is -3.50. The fourth-order valence-electron chi connectivity index (χ4n) is 1.24. The Labute approximate surface area is 99.5 Å². The number of phenolic OH excluding ortho intramolecular Hbond substituents is 1. The SMILES string of the molecule is NS(=O)(=O)CCCNC(=O)c1ccccc1O. The van der Waals surface area contributed by atoms with E-state index in [0.717, 1.165) is 0 Å². The highest BCUT2D eigenvalue weighted by Crippen LogP contribution is 2.14. The maximum absolute atomic E-state index is 11.5. The highest BCUT2D eigenvalue weighted by Gasteiger charge is 2.09. The van der Waals surface area contributed by atoms with Gasteiger partial charge < -0.3 is 10.4 Å². The molecule has 0 aliphatic heterocycles. The first-order valence-electron chi connectivity index (χ1n) is 4.97. The van der Waals surface area contributed by atoms with Gasteiger partial charge in [-0.15, -0.1) is 0 Å². The van der Waals surface area contributed by atoms with Gasteiger partial charge in [0.2, 0.25) is 10.0 Å². The zero-order valence-corrected chi connectivity index (χ0v) is 9.90. The van der Waals surface area contributed by atoms with E-state index in [0.29, 0.717) is 0 Å². The van der Waals surface area contributed by atoms with Crippen molar-refractivity contribution in [3.8, 4) is 5.75 Å². The van der Waals surface area contributed by atoms with Crippen LogP contribution in [-0.2, 0) is 10.0 Å². The van der Waals surface area contributed by atoms with Crippen LogP contribution in [0, 0.1) is 0 Å². The van der Waals surface area contributed by atoms with Crippen molar-refractivity contribution in [1.29, 1.82) is 0 Å². The summed E-state index contributed by atoms with van der Waals surface area (Å²) in [7, 11) is -3.50. The third-order valence-corrected chi connectivity index (χ3v) is 2.90. The van der Waals surface area contributed by atoms with Gasteiger partial charge in [-0.3, -0.25) is 4.79 Å². The molecule has 0 heterocycles. The van der Waals surface area contributed by atoms with E-state index in [4.69, 9.17) is 5.14 Å². The molecule has 0 saturated heterocycles. The molecule has 1 amide bonds. The molecule has 0 unspecified atom stereocenters. The molecule has 0 aliphatic rings. The maximum Gasteiger partial charge on any atom is 0.255 e. The van der Waals surface area contributed by atoms with Crippen LogP contribution in [0.1, 0.15) is 16.8 Å². The number of rotatable bonds is 5. The Bertz CT molecular complexity index is 499. The molecule has 1 aromatic rings. The summed E-state index contributed by atoms with van der Waals surface area (Å²) in [5, 5.41) is 16.7. The van der Waals surface area contributed by atoms with Crippen molar-refractivity contribution in [3.05, 3.63) is 29.8 Å². The standard InChI is InChI=1S/C10H14N2O4S/c11-17(15,16)7-3-6-12-10(14)8-4-1-2-5-9(8)13/h1-2,4-5,13H,3,6-7H2,(H,12,14)(H2,11,15,16). The third kappa shape index (κ3) is 4.83. The van der Waals surface area contributed by atoms with Crippen molar-refractivity contribution in [1.82, 2.24) is 5.32 Å². The first kappa shape index (κ1) is 13.5. The Morgan fingerprint density at radius 1 is 1.35 bits per heavy atom. The largest absolute Gasteiger partial charge is 0.507 e. The minimum Gasteiger partial charge on any atom is -0.507 e. The van der Waals surface area contributed by atoms with Gasteiger partial charge in [-0.1, -0.05) is 12.1 Å². The van der Waals surface area contributed by atoms with Crippen LogP contribution in [0.3, 0.4) is 0 Å². The summed E-state index contributed by atoms with van der Waals surface area (Å²) in [4.78, 5) is 11.5. The summed E-state index contributed by atoms with van der Waals surface area (Å²) in [6.07, 6.45) is 0.234. The summed E-state index contributed by atoms with van der Waals surface area (Å²) >= 11 is 0. The number of benzene rings is 1. The van der Waals surface area contributed by atoms with Crippen molar-refractivity contribution in [2.24, 2.45) is 5.14 Å². The number of amides is 1. The summed E-state index contributed by atoms with van der Waals surface area (Å²) < 4.78 is 21.3. The van der Waals surface area contributed by atoms with E-state index in [9.17, 15) is 18.3 Å². The Kier molecular flexibility index (Phi) is 4.47. The fourth-order valence-corrected chi connectivity index (χ4v) is 1.78. The van der Waals surface area contributed by atoms with Crippen LogP contribution >= 0.6 is 0 Å². The predicted molar refractivity (Wildman–Crippen MR) is 63.0 cm³/mol. The lowest BCUT2D eigenvalue weighted by atomic mass is 10.2. The number of carbonyl (C=O) groups excluding carboxylic acids is 1.